The highest BCUT2D eigenvalue weighted by atomic mass is 35.5. The van der Waals surface area contributed by atoms with Crippen LogP contribution in [0.5, 0.6) is 11.5 Å². The van der Waals surface area contributed by atoms with E-state index in [-0.39, 0.29) is 0 Å². The lowest BCUT2D eigenvalue weighted by molar-refractivity contribution is 0.481. The fourth-order valence-electron chi connectivity index (χ4n) is 2.00. The van der Waals surface area contributed by atoms with Crippen LogP contribution in [0, 0.1) is 6.92 Å². The van der Waals surface area contributed by atoms with Crippen molar-refractivity contribution < 1.29 is 4.74 Å². The van der Waals surface area contributed by atoms with E-state index in [1.54, 1.807) is 30.5 Å². The molecule has 4 nitrogen and oxygen atoms in total. The molecule has 2 N–H and O–H groups in total. The maximum atomic E-state index is 6.06. The highest BCUT2D eigenvalue weighted by Crippen LogP contribution is 2.30. The summed E-state index contributed by atoms with van der Waals surface area (Å²) in [5.41, 5.74) is 8.25. The van der Waals surface area contributed by atoms with Gasteiger partial charge in [0.2, 0.25) is 0 Å². The van der Waals surface area contributed by atoms with Crippen molar-refractivity contribution in [3.63, 3.8) is 0 Å². The number of hydrogen-bond acceptors (Lipinski definition) is 4. The molecule has 0 radical (unpaired) electrons. The predicted molar refractivity (Wildman–Crippen MR) is 80.2 cm³/mol. The minimum atomic E-state index is 0.465. The SMILES string of the molecule is Cc1cc(N)nc2cc(Oc3ccccc3Cl)cnc12. The molecule has 0 aliphatic carbocycles. The van der Waals surface area contributed by atoms with Gasteiger partial charge in [-0.3, -0.25) is 4.98 Å². The van der Waals surface area contributed by atoms with Crippen LogP contribution >= 0.6 is 11.6 Å². The normalized spacial score (nSPS) is 10.7. The maximum Gasteiger partial charge on any atom is 0.147 e. The number of rotatable bonds is 2. The zero-order chi connectivity index (χ0) is 14.1. The van der Waals surface area contributed by atoms with E-state index in [9.17, 15) is 0 Å². The number of benzene rings is 1. The van der Waals surface area contributed by atoms with Gasteiger partial charge in [0.1, 0.15) is 17.3 Å². The quantitative estimate of drug-likeness (QED) is 0.774. The van der Waals surface area contributed by atoms with E-state index >= 15 is 0 Å². The van der Waals surface area contributed by atoms with Crippen molar-refractivity contribution in [2.24, 2.45) is 0 Å². The molecule has 0 atom stereocenters. The molecular formula is C15H12ClN3O. The number of nitrogens with two attached hydrogens (primary N) is 1. The van der Waals surface area contributed by atoms with E-state index in [0.29, 0.717) is 27.9 Å². The number of ether oxygens (including phenoxy) is 1. The number of pyridine rings is 2. The van der Waals surface area contributed by atoms with E-state index in [0.717, 1.165) is 11.1 Å². The molecule has 100 valence electrons. The average molecular weight is 286 g/mol. The lowest BCUT2D eigenvalue weighted by Gasteiger charge is -2.08. The number of aryl methyl sites for hydroxylation is 1. The van der Waals surface area contributed by atoms with Crippen LogP contribution in [0.1, 0.15) is 5.56 Å². The molecule has 0 amide bonds. The summed E-state index contributed by atoms with van der Waals surface area (Å²) in [5.74, 6) is 1.62. The molecule has 2 heterocycles. The first-order valence-corrected chi connectivity index (χ1v) is 6.46. The standard InChI is InChI=1S/C15H12ClN3O/c1-9-6-14(17)19-12-7-10(8-18-15(9)12)20-13-5-3-2-4-11(13)16/h2-8H,1H3,(H2,17,19). The Bertz CT molecular complexity index is 789. The maximum absolute atomic E-state index is 6.06. The number of halogens is 1. The summed E-state index contributed by atoms with van der Waals surface area (Å²) in [6.45, 7) is 1.95. The van der Waals surface area contributed by atoms with Crippen molar-refractivity contribution in [2.75, 3.05) is 5.73 Å². The monoisotopic (exact) mass is 285 g/mol. The van der Waals surface area contributed by atoms with Crippen LogP contribution in [0.25, 0.3) is 11.0 Å². The van der Waals surface area contributed by atoms with E-state index in [2.05, 4.69) is 9.97 Å². The van der Waals surface area contributed by atoms with Gasteiger partial charge in [-0.2, -0.15) is 0 Å². The third kappa shape index (κ3) is 2.38. The third-order valence-electron chi connectivity index (χ3n) is 2.89. The molecule has 0 saturated carbocycles. The van der Waals surface area contributed by atoms with Crippen LogP contribution in [-0.4, -0.2) is 9.97 Å². The van der Waals surface area contributed by atoms with Crippen LogP contribution in [-0.2, 0) is 0 Å². The van der Waals surface area contributed by atoms with Gasteiger partial charge in [-0.15, -0.1) is 0 Å². The fourth-order valence-corrected chi connectivity index (χ4v) is 2.17. The number of nitrogen functional groups attached to an aromatic ring is 1. The topological polar surface area (TPSA) is 61.0 Å². The minimum absolute atomic E-state index is 0.465. The first-order chi connectivity index (χ1) is 9.63. The lowest BCUT2D eigenvalue weighted by atomic mass is 10.2. The number of nitrogens with zero attached hydrogens (tertiary/aromatic N) is 2. The Labute approximate surface area is 121 Å². The molecule has 0 bridgehead atoms. The molecule has 0 fully saturated rings. The van der Waals surface area contributed by atoms with Gasteiger partial charge in [0.05, 0.1) is 22.3 Å². The molecule has 3 aromatic rings. The van der Waals surface area contributed by atoms with Crippen molar-refractivity contribution in [1.82, 2.24) is 9.97 Å². The summed E-state index contributed by atoms with van der Waals surface area (Å²) < 4.78 is 5.72. The zero-order valence-electron chi connectivity index (χ0n) is 10.8. The molecular weight excluding hydrogens is 274 g/mol. The summed E-state index contributed by atoms with van der Waals surface area (Å²) in [7, 11) is 0. The van der Waals surface area contributed by atoms with Gasteiger partial charge in [0.15, 0.2) is 0 Å². The zero-order valence-corrected chi connectivity index (χ0v) is 11.6. The van der Waals surface area contributed by atoms with Crippen LogP contribution < -0.4 is 10.5 Å². The van der Waals surface area contributed by atoms with E-state index in [1.807, 2.05) is 19.1 Å². The Balaban J connectivity index is 2.03. The van der Waals surface area contributed by atoms with Gasteiger partial charge in [-0.05, 0) is 30.7 Å². The summed E-state index contributed by atoms with van der Waals surface area (Å²) in [5, 5.41) is 0.546. The van der Waals surface area contributed by atoms with E-state index < -0.39 is 0 Å². The van der Waals surface area contributed by atoms with Crippen molar-refractivity contribution in [1.29, 1.82) is 0 Å². The largest absolute Gasteiger partial charge is 0.454 e. The summed E-state index contributed by atoms with van der Waals surface area (Å²) in [6.07, 6.45) is 1.65. The van der Waals surface area contributed by atoms with Crippen molar-refractivity contribution in [3.8, 4) is 11.5 Å². The molecule has 0 spiro atoms. The summed E-state index contributed by atoms with van der Waals surface area (Å²) in [6, 6.07) is 10.9. The van der Waals surface area contributed by atoms with Crippen LogP contribution in [0.3, 0.4) is 0 Å². The minimum Gasteiger partial charge on any atom is -0.454 e. The number of aromatic nitrogens is 2. The first-order valence-electron chi connectivity index (χ1n) is 6.09. The van der Waals surface area contributed by atoms with Crippen LogP contribution in [0.2, 0.25) is 5.02 Å². The smallest absolute Gasteiger partial charge is 0.147 e. The van der Waals surface area contributed by atoms with Crippen molar-refractivity contribution in [2.45, 2.75) is 6.92 Å². The molecule has 0 unspecified atom stereocenters. The van der Waals surface area contributed by atoms with Crippen molar-refractivity contribution in [3.05, 3.63) is 53.2 Å². The Morgan fingerprint density at radius 3 is 2.80 bits per heavy atom. The van der Waals surface area contributed by atoms with Crippen LogP contribution in [0.4, 0.5) is 5.82 Å². The molecule has 3 rings (SSSR count). The van der Waals surface area contributed by atoms with Gasteiger partial charge >= 0.3 is 0 Å². The van der Waals surface area contributed by atoms with Gasteiger partial charge in [0.25, 0.3) is 0 Å². The lowest BCUT2D eigenvalue weighted by Crippen LogP contribution is -1.95. The number of hydrogen-bond donors (Lipinski definition) is 1. The fraction of sp³-hybridized carbons (Fsp3) is 0.0667. The second-order valence-electron chi connectivity index (χ2n) is 4.44. The van der Waals surface area contributed by atoms with Gasteiger partial charge in [0, 0.05) is 6.07 Å². The highest BCUT2D eigenvalue weighted by Gasteiger charge is 2.07. The van der Waals surface area contributed by atoms with E-state index in [4.69, 9.17) is 22.1 Å². The molecule has 2 aromatic heterocycles. The van der Waals surface area contributed by atoms with E-state index in [1.165, 1.54) is 0 Å². The third-order valence-corrected chi connectivity index (χ3v) is 3.21. The number of fused-ring (bicyclic) bond motifs is 1. The molecule has 0 saturated heterocycles. The highest BCUT2D eigenvalue weighted by molar-refractivity contribution is 6.32. The van der Waals surface area contributed by atoms with Crippen molar-refractivity contribution >= 4 is 28.5 Å². The Morgan fingerprint density at radius 2 is 2.00 bits per heavy atom. The van der Waals surface area contributed by atoms with Gasteiger partial charge in [-0.1, -0.05) is 23.7 Å². The molecule has 5 heteroatoms. The summed E-state index contributed by atoms with van der Waals surface area (Å²) >= 11 is 6.06. The molecule has 0 aliphatic heterocycles. The second-order valence-corrected chi connectivity index (χ2v) is 4.84. The molecule has 0 aliphatic rings. The molecule has 1 aromatic carbocycles. The van der Waals surface area contributed by atoms with Gasteiger partial charge in [-0.25, -0.2) is 4.98 Å². The average Bonchev–Trinajstić information content (AvgIpc) is 2.41. The first kappa shape index (κ1) is 12.7. The predicted octanol–water partition coefficient (Wildman–Crippen LogP) is 3.97. The second kappa shape index (κ2) is 4.98. The number of para-hydroxylation sites is 1. The summed E-state index contributed by atoms with van der Waals surface area (Å²) in [4.78, 5) is 8.62. The Hall–Kier alpha value is -2.33. The molecule has 20 heavy (non-hydrogen) atoms. The number of anilines is 1. The van der Waals surface area contributed by atoms with Gasteiger partial charge < -0.3 is 10.5 Å². The Kier molecular flexibility index (Phi) is 3.16. The van der Waals surface area contributed by atoms with Crippen LogP contribution in [0.15, 0.2) is 42.6 Å². The Morgan fingerprint density at radius 1 is 1.20 bits per heavy atom.